The van der Waals surface area contributed by atoms with Gasteiger partial charge < -0.3 is 4.90 Å². The standard InChI is InChI=1S/C18H21BrN2O2S/c19-16-5-9-18(10-6-16)24(22,23)20-12-11-15-3-7-17(8-4-15)21-13-1-2-14-21/h3-10,20H,1-2,11-14H2. The molecule has 6 heteroatoms. The average Bonchev–Trinajstić information content (AvgIpc) is 3.10. The van der Waals surface area contributed by atoms with Crippen molar-refractivity contribution in [1.82, 2.24) is 4.72 Å². The van der Waals surface area contributed by atoms with Gasteiger partial charge in [-0.1, -0.05) is 28.1 Å². The van der Waals surface area contributed by atoms with Crippen molar-refractivity contribution in [3.05, 3.63) is 58.6 Å². The normalized spacial score (nSPS) is 15.0. The van der Waals surface area contributed by atoms with Crippen molar-refractivity contribution < 1.29 is 8.42 Å². The van der Waals surface area contributed by atoms with E-state index >= 15 is 0 Å². The molecule has 128 valence electrons. The highest BCUT2D eigenvalue weighted by Gasteiger charge is 2.14. The van der Waals surface area contributed by atoms with Gasteiger partial charge in [0.15, 0.2) is 0 Å². The highest BCUT2D eigenvalue weighted by molar-refractivity contribution is 9.10. The van der Waals surface area contributed by atoms with Gasteiger partial charge in [-0.05, 0) is 61.2 Å². The van der Waals surface area contributed by atoms with Crippen LogP contribution in [0.1, 0.15) is 18.4 Å². The minimum atomic E-state index is -3.45. The van der Waals surface area contributed by atoms with E-state index < -0.39 is 10.0 Å². The number of nitrogens with zero attached hydrogens (tertiary/aromatic N) is 1. The molecule has 1 saturated heterocycles. The minimum Gasteiger partial charge on any atom is -0.372 e. The zero-order valence-corrected chi connectivity index (χ0v) is 15.8. The Kier molecular flexibility index (Phi) is 5.58. The summed E-state index contributed by atoms with van der Waals surface area (Å²) in [6.45, 7) is 2.65. The molecular formula is C18H21BrN2O2S. The highest BCUT2D eigenvalue weighted by Crippen LogP contribution is 2.20. The van der Waals surface area contributed by atoms with Gasteiger partial charge in [0, 0.05) is 29.8 Å². The molecular weight excluding hydrogens is 388 g/mol. The summed E-state index contributed by atoms with van der Waals surface area (Å²) in [7, 11) is -3.45. The van der Waals surface area contributed by atoms with Crippen molar-refractivity contribution in [2.24, 2.45) is 0 Å². The summed E-state index contributed by atoms with van der Waals surface area (Å²) in [5.41, 5.74) is 2.39. The summed E-state index contributed by atoms with van der Waals surface area (Å²) in [4.78, 5) is 2.68. The second kappa shape index (κ2) is 7.68. The summed E-state index contributed by atoms with van der Waals surface area (Å²) in [6, 6.07) is 15.1. The second-order valence-electron chi connectivity index (χ2n) is 5.96. The third-order valence-electron chi connectivity index (χ3n) is 4.24. The van der Waals surface area contributed by atoms with Crippen molar-refractivity contribution in [3.63, 3.8) is 0 Å². The van der Waals surface area contributed by atoms with Crippen LogP contribution in [0.3, 0.4) is 0 Å². The fraction of sp³-hybridized carbons (Fsp3) is 0.333. The monoisotopic (exact) mass is 408 g/mol. The topological polar surface area (TPSA) is 49.4 Å². The lowest BCUT2D eigenvalue weighted by Crippen LogP contribution is -2.26. The quantitative estimate of drug-likeness (QED) is 0.794. The van der Waals surface area contributed by atoms with Crippen LogP contribution in [0.5, 0.6) is 0 Å². The van der Waals surface area contributed by atoms with Crippen molar-refractivity contribution in [3.8, 4) is 0 Å². The van der Waals surface area contributed by atoms with E-state index in [1.54, 1.807) is 24.3 Å². The molecule has 0 radical (unpaired) electrons. The van der Waals surface area contributed by atoms with Gasteiger partial charge in [-0.3, -0.25) is 0 Å². The Morgan fingerprint density at radius 1 is 0.958 bits per heavy atom. The van der Waals surface area contributed by atoms with Crippen LogP contribution in [0.15, 0.2) is 57.9 Å². The predicted octanol–water partition coefficient (Wildman–Crippen LogP) is 3.57. The summed E-state index contributed by atoms with van der Waals surface area (Å²) in [5, 5.41) is 0. The average molecular weight is 409 g/mol. The van der Waals surface area contributed by atoms with Crippen LogP contribution in [0.2, 0.25) is 0 Å². The molecule has 1 aliphatic rings. The fourth-order valence-electron chi connectivity index (χ4n) is 2.88. The number of nitrogens with one attached hydrogen (secondary N) is 1. The molecule has 2 aromatic rings. The number of halogens is 1. The van der Waals surface area contributed by atoms with Gasteiger partial charge in [0.05, 0.1) is 4.90 Å². The summed E-state index contributed by atoms with van der Waals surface area (Å²) in [5.74, 6) is 0. The van der Waals surface area contributed by atoms with E-state index in [9.17, 15) is 8.42 Å². The maximum atomic E-state index is 12.2. The molecule has 0 amide bonds. The number of rotatable bonds is 6. The van der Waals surface area contributed by atoms with Gasteiger partial charge >= 0.3 is 0 Å². The maximum Gasteiger partial charge on any atom is 0.240 e. The summed E-state index contributed by atoms with van der Waals surface area (Å²) in [6.07, 6.45) is 3.20. The number of hydrogen-bond acceptors (Lipinski definition) is 3. The predicted molar refractivity (Wildman–Crippen MR) is 101 cm³/mol. The molecule has 4 nitrogen and oxygen atoms in total. The maximum absolute atomic E-state index is 12.2. The van der Waals surface area contributed by atoms with E-state index in [2.05, 4.69) is 49.8 Å². The van der Waals surface area contributed by atoms with Gasteiger partial charge in [-0.2, -0.15) is 0 Å². The van der Waals surface area contributed by atoms with Crippen LogP contribution in [0.4, 0.5) is 5.69 Å². The SMILES string of the molecule is O=S(=O)(NCCc1ccc(N2CCCC2)cc1)c1ccc(Br)cc1. The second-order valence-corrected chi connectivity index (χ2v) is 8.64. The fourth-order valence-corrected chi connectivity index (χ4v) is 4.17. The van der Waals surface area contributed by atoms with Crippen molar-refractivity contribution in [1.29, 1.82) is 0 Å². The molecule has 1 heterocycles. The number of hydrogen-bond donors (Lipinski definition) is 1. The van der Waals surface area contributed by atoms with Crippen molar-refractivity contribution in [2.75, 3.05) is 24.5 Å². The first-order chi connectivity index (χ1) is 11.5. The molecule has 1 N–H and O–H groups in total. The molecule has 0 atom stereocenters. The zero-order chi connectivity index (χ0) is 17.0. The Labute approximate surface area is 152 Å². The van der Waals surface area contributed by atoms with Gasteiger partial charge in [0.2, 0.25) is 10.0 Å². The first-order valence-electron chi connectivity index (χ1n) is 8.14. The molecule has 24 heavy (non-hydrogen) atoms. The molecule has 0 aromatic heterocycles. The summed E-state index contributed by atoms with van der Waals surface area (Å²) < 4.78 is 28.0. The van der Waals surface area contributed by atoms with Crippen LogP contribution in [-0.2, 0) is 16.4 Å². The first-order valence-corrected chi connectivity index (χ1v) is 10.4. The van der Waals surface area contributed by atoms with Crippen LogP contribution in [0, 0.1) is 0 Å². The van der Waals surface area contributed by atoms with E-state index in [1.165, 1.54) is 18.5 Å². The molecule has 0 saturated carbocycles. The van der Waals surface area contributed by atoms with E-state index in [0.29, 0.717) is 13.0 Å². The zero-order valence-electron chi connectivity index (χ0n) is 13.4. The molecule has 0 unspecified atom stereocenters. The number of benzene rings is 2. The van der Waals surface area contributed by atoms with Crippen LogP contribution in [0.25, 0.3) is 0 Å². The van der Waals surface area contributed by atoms with E-state index in [4.69, 9.17) is 0 Å². The molecule has 0 spiro atoms. The molecule has 0 aliphatic carbocycles. The lowest BCUT2D eigenvalue weighted by molar-refractivity contribution is 0.581. The first kappa shape index (κ1) is 17.5. The molecule has 1 fully saturated rings. The highest BCUT2D eigenvalue weighted by atomic mass is 79.9. The Bertz CT molecular complexity index is 768. The summed E-state index contributed by atoms with van der Waals surface area (Å²) >= 11 is 3.31. The van der Waals surface area contributed by atoms with Crippen molar-refractivity contribution in [2.45, 2.75) is 24.2 Å². The van der Waals surface area contributed by atoms with E-state index in [0.717, 1.165) is 23.1 Å². The lowest BCUT2D eigenvalue weighted by atomic mass is 10.1. The molecule has 0 bridgehead atoms. The van der Waals surface area contributed by atoms with E-state index in [-0.39, 0.29) is 4.90 Å². The molecule has 2 aromatic carbocycles. The Morgan fingerprint density at radius 2 is 1.58 bits per heavy atom. The van der Waals surface area contributed by atoms with Gasteiger partial charge in [0.25, 0.3) is 0 Å². The Morgan fingerprint density at radius 3 is 2.21 bits per heavy atom. The third-order valence-corrected chi connectivity index (χ3v) is 6.24. The van der Waals surface area contributed by atoms with Crippen LogP contribution < -0.4 is 9.62 Å². The van der Waals surface area contributed by atoms with Crippen LogP contribution >= 0.6 is 15.9 Å². The van der Waals surface area contributed by atoms with Gasteiger partial charge in [-0.15, -0.1) is 0 Å². The van der Waals surface area contributed by atoms with Gasteiger partial charge in [0.1, 0.15) is 0 Å². The third kappa shape index (κ3) is 4.37. The van der Waals surface area contributed by atoms with Gasteiger partial charge in [-0.25, -0.2) is 13.1 Å². The minimum absolute atomic E-state index is 0.287. The van der Waals surface area contributed by atoms with Crippen molar-refractivity contribution >= 4 is 31.6 Å². The Balaban J connectivity index is 1.54. The number of anilines is 1. The van der Waals surface area contributed by atoms with E-state index in [1.807, 2.05) is 0 Å². The lowest BCUT2D eigenvalue weighted by Gasteiger charge is -2.17. The van der Waals surface area contributed by atoms with Crippen LogP contribution in [-0.4, -0.2) is 28.1 Å². The molecule has 1 aliphatic heterocycles. The number of sulfonamides is 1. The Hall–Kier alpha value is -1.37. The smallest absolute Gasteiger partial charge is 0.240 e. The molecule has 3 rings (SSSR count). The largest absolute Gasteiger partial charge is 0.372 e.